The van der Waals surface area contributed by atoms with E-state index in [1.807, 2.05) is 0 Å². The third-order valence-corrected chi connectivity index (χ3v) is 5.76. The van der Waals surface area contributed by atoms with Gasteiger partial charge in [0, 0.05) is 10.8 Å². The SMILES string of the molecule is O=C([O-])/C=C/S(=O)(=O)c1ccccc1.O=C([O-])/C=C/S(=O)(=O)c1ccccc1.[Bi+2]. The van der Waals surface area contributed by atoms with Crippen LogP contribution in [0, 0.1) is 0 Å². The Hall–Kier alpha value is -2.36. The smallest absolute Gasteiger partial charge is 0.545 e. The molecule has 151 valence electrons. The average Bonchev–Trinajstić information content (AvgIpc) is 2.67. The van der Waals surface area contributed by atoms with Crippen LogP contribution in [0.4, 0.5) is 0 Å². The minimum absolute atomic E-state index is 0. The summed E-state index contributed by atoms with van der Waals surface area (Å²) >= 11 is 0. The van der Waals surface area contributed by atoms with Gasteiger partial charge >= 0.3 is 26.2 Å². The van der Waals surface area contributed by atoms with Gasteiger partial charge in [-0.05, 0) is 36.4 Å². The molecule has 3 radical (unpaired) electrons. The zero-order chi connectivity index (χ0) is 21.2. The summed E-state index contributed by atoms with van der Waals surface area (Å²) in [4.78, 5) is 20.1. The van der Waals surface area contributed by atoms with E-state index in [0.717, 1.165) is 0 Å². The fourth-order valence-corrected chi connectivity index (χ4v) is 3.64. The molecule has 11 heteroatoms. The van der Waals surface area contributed by atoms with Crippen molar-refractivity contribution in [2.24, 2.45) is 0 Å². The Kier molecular flexibility index (Phi) is 11.3. The molecule has 29 heavy (non-hydrogen) atoms. The van der Waals surface area contributed by atoms with Gasteiger partial charge in [-0.15, -0.1) is 0 Å². The maximum Gasteiger partial charge on any atom is 2.00 e. The van der Waals surface area contributed by atoms with Gasteiger partial charge in [0.15, 0.2) is 19.7 Å². The van der Waals surface area contributed by atoms with Crippen LogP contribution in [0.1, 0.15) is 0 Å². The molecular formula is C18H14BiO8S2. The Morgan fingerprint density at radius 3 is 1.14 bits per heavy atom. The quantitative estimate of drug-likeness (QED) is 0.294. The second kappa shape index (κ2) is 12.3. The number of benzene rings is 2. The standard InChI is InChI=1S/2C9H8O4S.Bi/c2*10-9(11)6-7-14(12,13)8-4-2-1-3-5-8;/h2*1-7H,(H,10,11);/q;;+2/p-2/b2*7-6+;. The number of hydrogen-bond acceptors (Lipinski definition) is 8. The number of sulfone groups is 2. The van der Waals surface area contributed by atoms with E-state index >= 15 is 0 Å². The fourth-order valence-electron chi connectivity index (χ4n) is 1.67. The first-order valence-electron chi connectivity index (χ1n) is 7.43. The summed E-state index contributed by atoms with van der Waals surface area (Å²) in [5, 5.41) is 21.2. The first-order valence-corrected chi connectivity index (χ1v) is 10.5. The van der Waals surface area contributed by atoms with Crippen LogP contribution in [-0.4, -0.2) is 55.0 Å². The predicted molar refractivity (Wildman–Crippen MR) is 101 cm³/mol. The molecule has 2 aromatic rings. The van der Waals surface area contributed by atoms with Crippen LogP contribution < -0.4 is 10.2 Å². The molecule has 0 N–H and O–H groups in total. The summed E-state index contributed by atoms with van der Waals surface area (Å²) in [7, 11) is -7.31. The van der Waals surface area contributed by atoms with E-state index < -0.39 is 31.6 Å². The van der Waals surface area contributed by atoms with E-state index in [9.17, 15) is 36.6 Å². The van der Waals surface area contributed by atoms with E-state index in [-0.39, 0.29) is 36.0 Å². The van der Waals surface area contributed by atoms with E-state index in [1.165, 1.54) is 24.3 Å². The Balaban J connectivity index is 0.000000523. The molecule has 0 bridgehead atoms. The van der Waals surface area contributed by atoms with E-state index in [2.05, 4.69) is 0 Å². The molecule has 0 atom stereocenters. The van der Waals surface area contributed by atoms with Crippen LogP contribution in [0.5, 0.6) is 0 Å². The maximum atomic E-state index is 11.4. The van der Waals surface area contributed by atoms with Gasteiger partial charge in [-0.3, -0.25) is 0 Å². The Morgan fingerprint density at radius 2 is 0.897 bits per heavy atom. The van der Waals surface area contributed by atoms with E-state index in [0.29, 0.717) is 23.0 Å². The number of carbonyl (C=O) groups excluding carboxylic acids is 2. The first kappa shape index (κ1) is 26.6. The summed E-state index contributed by atoms with van der Waals surface area (Å²) in [5.74, 6) is -3.07. The Bertz CT molecular complexity index is 986. The normalized spacial score (nSPS) is 11.3. The van der Waals surface area contributed by atoms with Crippen LogP contribution in [-0.2, 0) is 29.3 Å². The molecule has 0 heterocycles. The number of hydrogen-bond donors (Lipinski definition) is 0. The average molecular weight is 631 g/mol. The van der Waals surface area contributed by atoms with E-state index in [1.54, 1.807) is 36.4 Å². The van der Waals surface area contributed by atoms with E-state index in [4.69, 9.17) is 0 Å². The summed E-state index contributed by atoms with van der Waals surface area (Å²) in [5.41, 5.74) is 0. The van der Waals surface area contributed by atoms with Crippen molar-refractivity contribution in [3.05, 3.63) is 83.6 Å². The fraction of sp³-hybridized carbons (Fsp3) is 0. The molecule has 8 nitrogen and oxygen atoms in total. The van der Waals surface area contributed by atoms with Crippen molar-refractivity contribution in [1.82, 2.24) is 0 Å². The zero-order valence-electron chi connectivity index (χ0n) is 14.6. The number of rotatable bonds is 6. The van der Waals surface area contributed by atoms with Crippen molar-refractivity contribution in [3.8, 4) is 0 Å². The molecule has 0 aliphatic rings. The molecule has 2 aromatic carbocycles. The third-order valence-electron chi connectivity index (χ3n) is 2.91. The predicted octanol–water partition coefficient (Wildman–Crippen LogP) is -0.933. The van der Waals surface area contributed by atoms with Gasteiger partial charge in [0.1, 0.15) is 0 Å². The molecule has 0 aromatic heterocycles. The summed E-state index contributed by atoms with van der Waals surface area (Å²) in [6, 6.07) is 15.1. The maximum absolute atomic E-state index is 11.4. The topological polar surface area (TPSA) is 149 Å². The monoisotopic (exact) mass is 631 g/mol. The largest absolute Gasteiger partial charge is 2.00 e. The van der Waals surface area contributed by atoms with Gasteiger partial charge in [0.2, 0.25) is 0 Å². The van der Waals surface area contributed by atoms with Gasteiger partial charge in [-0.1, -0.05) is 36.4 Å². The van der Waals surface area contributed by atoms with Crippen LogP contribution in [0.25, 0.3) is 0 Å². The number of aliphatic carboxylic acids is 2. The molecule has 0 amide bonds. The van der Waals surface area contributed by atoms with Crippen molar-refractivity contribution in [2.45, 2.75) is 9.79 Å². The summed E-state index contributed by atoms with van der Waals surface area (Å²) in [6.07, 6.45) is 0.977. The van der Waals surface area contributed by atoms with Crippen LogP contribution in [0.15, 0.2) is 93.4 Å². The molecule has 2 rings (SSSR count). The molecule has 0 aliphatic carbocycles. The molecule has 0 fully saturated rings. The van der Waals surface area contributed by atoms with Gasteiger partial charge in [0.25, 0.3) is 0 Å². The van der Waals surface area contributed by atoms with Crippen molar-refractivity contribution < 1.29 is 36.6 Å². The molecule has 0 unspecified atom stereocenters. The third kappa shape index (κ3) is 10.1. The Morgan fingerprint density at radius 1 is 0.621 bits per heavy atom. The van der Waals surface area contributed by atoms with Crippen molar-refractivity contribution in [2.75, 3.05) is 0 Å². The minimum Gasteiger partial charge on any atom is -0.545 e. The molecule has 0 aliphatic heterocycles. The van der Waals surface area contributed by atoms with Crippen LogP contribution in [0.3, 0.4) is 0 Å². The number of carboxylic acid groups (broad SMARTS) is 2. The van der Waals surface area contributed by atoms with Gasteiger partial charge < -0.3 is 19.8 Å². The van der Waals surface area contributed by atoms with Gasteiger partial charge in [-0.25, -0.2) is 16.8 Å². The number of carboxylic acids is 2. The molecular weight excluding hydrogens is 617 g/mol. The molecule has 0 saturated carbocycles. The Labute approximate surface area is 187 Å². The first-order chi connectivity index (χ1) is 13.0. The number of carbonyl (C=O) groups is 2. The molecule has 0 spiro atoms. The van der Waals surface area contributed by atoms with Crippen molar-refractivity contribution in [3.63, 3.8) is 0 Å². The minimum atomic E-state index is -3.66. The zero-order valence-corrected chi connectivity index (χ0v) is 19.7. The molecule has 0 saturated heterocycles. The summed E-state index contributed by atoms with van der Waals surface area (Å²) < 4.78 is 45.4. The van der Waals surface area contributed by atoms with Crippen LogP contribution >= 0.6 is 0 Å². The van der Waals surface area contributed by atoms with Crippen LogP contribution in [0.2, 0.25) is 0 Å². The van der Waals surface area contributed by atoms with Gasteiger partial charge in [-0.2, -0.15) is 0 Å². The van der Waals surface area contributed by atoms with Gasteiger partial charge in [0.05, 0.1) is 21.7 Å². The van der Waals surface area contributed by atoms with Crippen molar-refractivity contribution in [1.29, 1.82) is 0 Å². The summed E-state index contributed by atoms with van der Waals surface area (Å²) in [6.45, 7) is 0. The van der Waals surface area contributed by atoms with Crippen molar-refractivity contribution >= 4 is 57.8 Å². The second-order valence-electron chi connectivity index (χ2n) is 4.96. The second-order valence-corrected chi connectivity index (χ2v) is 8.63.